The van der Waals surface area contributed by atoms with Crippen molar-refractivity contribution in [1.29, 1.82) is 5.26 Å². The smallest absolute Gasteiger partial charge is 0.100 e. The first kappa shape index (κ1) is 11.4. The third kappa shape index (κ3) is 2.37. The Labute approximate surface area is 104 Å². The average Bonchev–Trinajstić information content (AvgIpc) is 2.30. The Bertz CT molecular complexity index is 417. The minimum absolute atomic E-state index is 0.692. The van der Waals surface area contributed by atoms with Crippen molar-refractivity contribution in [1.82, 2.24) is 4.90 Å². The summed E-state index contributed by atoms with van der Waals surface area (Å²) in [5.41, 5.74) is 1.89. The molecule has 1 aromatic carbocycles. The van der Waals surface area contributed by atoms with E-state index in [9.17, 15) is 0 Å². The molecule has 1 fully saturated rings. The molecule has 0 saturated carbocycles. The van der Waals surface area contributed by atoms with Gasteiger partial charge in [-0.15, -0.1) is 0 Å². The molecule has 1 aliphatic heterocycles. The second kappa shape index (κ2) is 4.86. The second-order valence-corrected chi connectivity index (χ2v) is 4.92. The summed E-state index contributed by atoms with van der Waals surface area (Å²) in [5, 5.41) is 8.85. The SMILES string of the molecule is CN1CCN(c2ccc(C#N)c(Br)c2)CC1. The highest BCUT2D eigenvalue weighted by Gasteiger charge is 2.14. The van der Waals surface area contributed by atoms with Crippen LogP contribution in [0.25, 0.3) is 0 Å². The summed E-state index contributed by atoms with van der Waals surface area (Å²) in [5.74, 6) is 0. The number of halogens is 1. The highest BCUT2D eigenvalue weighted by atomic mass is 79.9. The number of benzene rings is 1. The molecule has 0 atom stereocenters. The molecular formula is C12H14BrN3. The van der Waals surface area contributed by atoms with E-state index in [1.54, 1.807) is 0 Å². The molecule has 1 aliphatic rings. The van der Waals surface area contributed by atoms with Gasteiger partial charge in [-0.3, -0.25) is 0 Å². The monoisotopic (exact) mass is 279 g/mol. The van der Waals surface area contributed by atoms with Crippen molar-refractivity contribution in [2.24, 2.45) is 0 Å². The van der Waals surface area contributed by atoms with Gasteiger partial charge >= 0.3 is 0 Å². The zero-order chi connectivity index (χ0) is 11.5. The molecule has 0 unspecified atom stereocenters. The van der Waals surface area contributed by atoms with Crippen molar-refractivity contribution < 1.29 is 0 Å². The molecule has 0 aromatic heterocycles. The third-order valence-electron chi connectivity index (χ3n) is 2.94. The quantitative estimate of drug-likeness (QED) is 0.789. The van der Waals surface area contributed by atoms with Crippen LogP contribution < -0.4 is 4.90 Å². The summed E-state index contributed by atoms with van der Waals surface area (Å²) in [6, 6.07) is 8.09. The number of rotatable bonds is 1. The molecule has 16 heavy (non-hydrogen) atoms. The lowest BCUT2D eigenvalue weighted by Gasteiger charge is -2.34. The van der Waals surface area contributed by atoms with Crippen molar-refractivity contribution in [3.8, 4) is 6.07 Å². The van der Waals surface area contributed by atoms with Gasteiger partial charge in [0.15, 0.2) is 0 Å². The van der Waals surface area contributed by atoms with Crippen molar-refractivity contribution in [3.63, 3.8) is 0 Å². The number of piperazine rings is 1. The van der Waals surface area contributed by atoms with E-state index in [2.05, 4.69) is 38.8 Å². The van der Waals surface area contributed by atoms with E-state index in [0.717, 1.165) is 30.7 Å². The van der Waals surface area contributed by atoms with Crippen LogP contribution in [-0.2, 0) is 0 Å². The van der Waals surface area contributed by atoms with Crippen LogP contribution in [0.5, 0.6) is 0 Å². The van der Waals surface area contributed by atoms with Gasteiger partial charge in [0.1, 0.15) is 6.07 Å². The second-order valence-electron chi connectivity index (χ2n) is 4.07. The van der Waals surface area contributed by atoms with Crippen LogP contribution in [0.4, 0.5) is 5.69 Å². The van der Waals surface area contributed by atoms with Gasteiger partial charge in [0.2, 0.25) is 0 Å². The minimum Gasteiger partial charge on any atom is -0.369 e. The van der Waals surface area contributed by atoms with Gasteiger partial charge in [-0.2, -0.15) is 5.26 Å². The average molecular weight is 280 g/mol. The van der Waals surface area contributed by atoms with Gasteiger partial charge in [0, 0.05) is 36.3 Å². The lowest BCUT2D eigenvalue weighted by atomic mass is 10.2. The maximum absolute atomic E-state index is 8.85. The van der Waals surface area contributed by atoms with E-state index in [4.69, 9.17) is 5.26 Å². The van der Waals surface area contributed by atoms with Gasteiger partial charge in [0.05, 0.1) is 5.56 Å². The fraction of sp³-hybridized carbons (Fsp3) is 0.417. The highest BCUT2D eigenvalue weighted by Crippen LogP contribution is 2.24. The zero-order valence-electron chi connectivity index (χ0n) is 9.28. The van der Waals surface area contributed by atoms with Crippen molar-refractivity contribution in [2.75, 3.05) is 38.1 Å². The van der Waals surface area contributed by atoms with E-state index in [1.807, 2.05) is 18.2 Å². The number of hydrogen-bond donors (Lipinski definition) is 0. The molecule has 0 radical (unpaired) electrons. The Morgan fingerprint density at radius 1 is 1.25 bits per heavy atom. The molecule has 1 heterocycles. The van der Waals surface area contributed by atoms with Crippen molar-refractivity contribution in [3.05, 3.63) is 28.2 Å². The largest absolute Gasteiger partial charge is 0.369 e. The standard InChI is InChI=1S/C12H14BrN3/c1-15-4-6-16(7-5-15)11-3-2-10(9-14)12(13)8-11/h2-3,8H,4-7H2,1H3. The Morgan fingerprint density at radius 3 is 2.50 bits per heavy atom. The topological polar surface area (TPSA) is 30.3 Å². The van der Waals surface area contributed by atoms with Gasteiger partial charge in [-0.05, 0) is 41.2 Å². The third-order valence-corrected chi connectivity index (χ3v) is 3.60. The van der Waals surface area contributed by atoms with Crippen LogP contribution in [0.15, 0.2) is 22.7 Å². The summed E-state index contributed by atoms with van der Waals surface area (Å²) >= 11 is 3.43. The van der Waals surface area contributed by atoms with Gasteiger partial charge in [-0.1, -0.05) is 0 Å². The van der Waals surface area contributed by atoms with E-state index < -0.39 is 0 Å². The molecule has 4 heteroatoms. The molecule has 1 aromatic rings. The van der Waals surface area contributed by atoms with Crippen LogP contribution in [0.2, 0.25) is 0 Å². The number of nitriles is 1. The van der Waals surface area contributed by atoms with Crippen LogP contribution in [0.3, 0.4) is 0 Å². The molecule has 0 aliphatic carbocycles. The van der Waals surface area contributed by atoms with Gasteiger partial charge in [-0.25, -0.2) is 0 Å². The van der Waals surface area contributed by atoms with Crippen molar-refractivity contribution >= 4 is 21.6 Å². The summed E-state index contributed by atoms with van der Waals surface area (Å²) in [6.07, 6.45) is 0. The van der Waals surface area contributed by atoms with Gasteiger partial charge in [0.25, 0.3) is 0 Å². The summed E-state index contributed by atoms with van der Waals surface area (Å²) < 4.78 is 0.881. The summed E-state index contributed by atoms with van der Waals surface area (Å²) in [7, 11) is 2.14. The zero-order valence-corrected chi connectivity index (χ0v) is 10.9. The maximum atomic E-state index is 8.85. The van der Waals surface area contributed by atoms with E-state index in [-0.39, 0.29) is 0 Å². The number of anilines is 1. The molecule has 3 nitrogen and oxygen atoms in total. The molecular weight excluding hydrogens is 266 g/mol. The first-order valence-corrected chi connectivity index (χ1v) is 6.13. The van der Waals surface area contributed by atoms with Crippen LogP contribution >= 0.6 is 15.9 Å². The fourth-order valence-electron chi connectivity index (χ4n) is 1.86. The normalized spacial score (nSPS) is 17.2. The van der Waals surface area contributed by atoms with E-state index in [0.29, 0.717) is 5.56 Å². The molecule has 0 amide bonds. The maximum Gasteiger partial charge on any atom is 0.100 e. The predicted octanol–water partition coefficient (Wildman–Crippen LogP) is 2.07. The molecule has 1 saturated heterocycles. The molecule has 0 bridgehead atoms. The van der Waals surface area contributed by atoms with Crippen LogP contribution in [0.1, 0.15) is 5.56 Å². The summed E-state index contributed by atoms with van der Waals surface area (Å²) in [4.78, 5) is 4.68. The molecule has 0 spiro atoms. The highest BCUT2D eigenvalue weighted by molar-refractivity contribution is 9.10. The lowest BCUT2D eigenvalue weighted by molar-refractivity contribution is 0.313. The number of hydrogen-bond acceptors (Lipinski definition) is 3. The van der Waals surface area contributed by atoms with Crippen molar-refractivity contribution in [2.45, 2.75) is 0 Å². The first-order valence-electron chi connectivity index (χ1n) is 5.34. The van der Waals surface area contributed by atoms with E-state index >= 15 is 0 Å². The Balaban J connectivity index is 2.16. The number of likely N-dealkylation sites (N-methyl/N-ethyl adjacent to an activating group) is 1. The molecule has 2 rings (SSSR count). The predicted molar refractivity (Wildman–Crippen MR) is 68.6 cm³/mol. The first-order chi connectivity index (χ1) is 7.70. The fourth-order valence-corrected chi connectivity index (χ4v) is 2.31. The van der Waals surface area contributed by atoms with E-state index in [1.165, 1.54) is 5.69 Å². The molecule has 84 valence electrons. The van der Waals surface area contributed by atoms with Crippen LogP contribution in [0, 0.1) is 11.3 Å². The lowest BCUT2D eigenvalue weighted by Crippen LogP contribution is -2.44. The Morgan fingerprint density at radius 2 is 1.94 bits per heavy atom. The van der Waals surface area contributed by atoms with Gasteiger partial charge < -0.3 is 9.80 Å². The number of nitrogens with zero attached hydrogens (tertiary/aromatic N) is 3. The summed E-state index contributed by atoms with van der Waals surface area (Å²) in [6.45, 7) is 4.29. The van der Waals surface area contributed by atoms with Crippen LogP contribution in [-0.4, -0.2) is 38.1 Å². The minimum atomic E-state index is 0.692. The Hall–Kier alpha value is -1.05. The Kier molecular flexibility index (Phi) is 3.47. The molecule has 0 N–H and O–H groups in total.